The zero-order valence-corrected chi connectivity index (χ0v) is 22.7. The lowest BCUT2D eigenvalue weighted by atomic mass is 10.1. The van der Waals surface area contributed by atoms with E-state index in [-0.39, 0.29) is 12.3 Å². The van der Waals surface area contributed by atoms with Crippen molar-refractivity contribution in [1.82, 2.24) is 4.57 Å². The molecule has 0 atom stereocenters. The van der Waals surface area contributed by atoms with Gasteiger partial charge in [0.1, 0.15) is 5.75 Å². The van der Waals surface area contributed by atoms with Crippen molar-refractivity contribution in [3.8, 4) is 5.75 Å². The Kier molecular flexibility index (Phi) is 13.9. The van der Waals surface area contributed by atoms with Gasteiger partial charge in [-0.3, -0.25) is 14.2 Å². The van der Waals surface area contributed by atoms with Gasteiger partial charge in [0.15, 0.2) is 0 Å². The summed E-state index contributed by atoms with van der Waals surface area (Å²) in [6.07, 6.45) is 27.3. The molecule has 0 fully saturated rings. The normalized spacial score (nSPS) is 12.2. The van der Waals surface area contributed by atoms with Crippen LogP contribution in [0.1, 0.15) is 87.2 Å². The molecule has 5 heteroatoms. The van der Waals surface area contributed by atoms with Crippen molar-refractivity contribution >= 4 is 22.8 Å². The molecule has 1 N–H and O–H groups in total. The molecule has 1 heterocycles. The quantitative estimate of drug-likeness (QED) is 0.173. The maximum Gasteiger partial charge on any atom is 0.307 e. The molecule has 0 amide bonds. The van der Waals surface area contributed by atoms with Crippen LogP contribution in [0.15, 0.2) is 66.8 Å². The summed E-state index contributed by atoms with van der Waals surface area (Å²) in [5.41, 5.74) is 2.08. The average molecular weight is 506 g/mol. The second kappa shape index (κ2) is 17.2. The molecule has 0 saturated heterocycles. The van der Waals surface area contributed by atoms with Crippen LogP contribution >= 0.6 is 0 Å². The molecule has 1 aromatic carbocycles. The lowest BCUT2D eigenvalue weighted by Crippen LogP contribution is -2.12. The van der Waals surface area contributed by atoms with Crippen molar-refractivity contribution in [1.29, 1.82) is 0 Å². The van der Waals surface area contributed by atoms with Crippen molar-refractivity contribution in [2.45, 2.75) is 84.5 Å². The maximum absolute atomic E-state index is 13.0. The molecular formula is C32H43NO4. The number of carbonyl (C=O) groups is 2. The number of methoxy groups -OCH3 is 1. The molecule has 1 aromatic heterocycles. The summed E-state index contributed by atoms with van der Waals surface area (Å²) in [5.74, 6) is -0.289. The molecular weight excluding hydrogens is 462 g/mol. The number of ether oxygens (including phenoxy) is 1. The van der Waals surface area contributed by atoms with Gasteiger partial charge in [-0.25, -0.2) is 0 Å². The molecule has 2 rings (SSSR count). The molecule has 2 aromatic rings. The minimum atomic E-state index is -0.919. The number of benzene rings is 1. The summed E-state index contributed by atoms with van der Waals surface area (Å²) < 4.78 is 6.96. The van der Waals surface area contributed by atoms with Crippen LogP contribution < -0.4 is 4.74 Å². The molecule has 37 heavy (non-hydrogen) atoms. The number of carboxylic acids is 1. The Labute approximate surface area is 222 Å². The number of hydrogen-bond donors (Lipinski definition) is 1. The highest BCUT2D eigenvalue weighted by Crippen LogP contribution is 2.30. The molecule has 0 bridgehead atoms. The second-order valence-electron chi connectivity index (χ2n) is 9.23. The van der Waals surface area contributed by atoms with Gasteiger partial charge in [0.25, 0.3) is 0 Å². The molecule has 5 nitrogen and oxygen atoms in total. The Morgan fingerprint density at radius 1 is 0.892 bits per heavy atom. The van der Waals surface area contributed by atoms with Crippen LogP contribution in [-0.2, 0) is 11.2 Å². The fourth-order valence-electron chi connectivity index (χ4n) is 4.33. The van der Waals surface area contributed by atoms with Gasteiger partial charge in [-0.2, -0.15) is 0 Å². The van der Waals surface area contributed by atoms with Gasteiger partial charge in [-0.05, 0) is 75.6 Å². The number of carbonyl (C=O) groups excluding carboxylic acids is 1. The highest BCUT2D eigenvalue weighted by Gasteiger charge is 2.20. The lowest BCUT2D eigenvalue weighted by molar-refractivity contribution is -0.136. The Bertz CT molecular complexity index is 1120. The predicted octanol–water partition coefficient (Wildman–Crippen LogP) is 8.37. The summed E-state index contributed by atoms with van der Waals surface area (Å²) in [7, 11) is 1.57. The number of fused-ring (bicyclic) bond motifs is 1. The molecule has 0 aliphatic heterocycles. The first-order valence-corrected chi connectivity index (χ1v) is 13.5. The minimum absolute atomic E-state index is 0.0137. The largest absolute Gasteiger partial charge is 0.497 e. The highest BCUT2D eigenvalue weighted by atomic mass is 16.5. The SMILES string of the molecule is CCCCC/C=C/C/C=C/C/C=C/C/C=C/CCCC(=O)n1c(C)c(CC(=O)O)c2cc(OC)ccc21. The van der Waals surface area contributed by atoms with Gasteiger partial charge in [-0.15, -0.1) is 0 Å². The molecule has 0 aliphatic carbocycles. The third kappa shape index (κ3) is 10.3. The number of carboxylic acid groups (broad SMARTS) is 1. The van der Waals surface area contributed by atoms with Crippen LogP contribution in [0.4, 0.5) is 0 Å². The number of allylic oxidation sites excluding steroid dienone is 8. The monoisotopic (exact) mass is 505 g/mol. The van der Waals surface area contributed by atoms with Crippen LogP contribution in [-0.4, -0.2) is 28.7 Å². The van der Waals surface area contributed by atoms with Crippen LogP contribution in [0, 0.1) is 6.92 Å². The minimum Gasteiger partial charge on any atom is -0.497 e. The van der Waals surface area contributed by atoms with Gasteiger partial charge in [0, 0.05) is 17.5 Å². The number of hydrogen-bond acceptors (Lipinski definition) is 3. The highest BCUT2D eigenvalue weighted by molar-refractivity contribution is 5.98. The van der Waals surface area contributed by atoms with E-state index in [0.29, 0.717) is 23.4 Å². The average Bonchev–Trinajstić information content (AvgIpc) is 3.15. The predicted molar refractivity (Wildman–Crippen MR) is 154 cm³/mol. The zero-order valence-electron chi connectivity index (χ0n) is 22.7. The Hall–Kier alpha value is -3.34. The van der Waals surface area contributed by atoms with Crippen molar-refractivity contribution in [3.63, 3.8) is 0 Å². The molecule has 0 saturated carbocycles. The van der Waals surface area contributed by atoms with E-state index in [0.717, 1.165) is 43.0 Å². The smallest absolute Gasteiger partial charge is 0.307 e. The van der Waals surface area contributed by atoms with E-state index < -0.39 is 5.97 Å². The summed E-state index contributed by atoms with van der Waals surface area (Å²) in [6.45, 7) is 4.04. The number of aromatic nitrogens is 1. The lowest BCUT2D eigenvalue weighted by Gasteiger charge is -2.07. The first-order valence-electron chi connectivity index (χ1n) is 13.5. The van der Waals surface area contributed by atoms with E-state index in [1.165, 1.54) is 25.7 Å². The van der Waals surface area contributed by atoms with E-state index >= 15 is 0 Å². The summed E-state index contributed by atoms with van der Waals surface area (Å²) in [5, 5.41) is 10.1. The van der Waals surface area contributed by atoms with Gasteiger partial charge in [0.2, 0.25) is 5.91 Å². The Balaban J connectivity index is 1.75. The number of aliphatic carboxylic acids is 1. The Morgan fingerprint density at radius 3 is 2.05 bits per heavy atom. The third-order valence-corrected chi connectivity index (χ3v) is 6.34. The zero-order chi connectivity index (χ0) is 26.9. The van der Waals surface area contributed by atoms with Crippen LogP contribution in [0.2, 0.25) is 0 Å². The van der Waals surface area contributed by atoms with E-state index in [9.17, 15) is 14.7 Å². The topological polar surface area (TPSA) is 68.5 Å². The van der Waals surface area contributed by atoms with Gasteiger partial charge in [0.05, 0.1) is 19.0 Å². The van der Waals surface area contributed by atoms with Gasteiger partial charge in [-0.1, -0.05) is 68.4 Å². The first kappa shape index (κ1) is 29.9. The van der Waals surface area contributed by atoms with Crippen LogP contribution in [0.25, 0.3) is 10.9 Å². The van der Waals surface area contributed by atoms with Gasteiger partial charge >= 0.3 is 5.97 Å². The Morgan fingerprint density at radius 2 is 1.49 bits per heavy atom. The van der Waals surface area contributed by atoms with E-state index in [4.69, 9.17) is 4.74 Å². The first-order chi connectivity index (χ1) is 18.0. The fourth-order valence-corrected chi connectivity index (χ4v) is 4.33. The standard InChI is InChI=1S/C32H43NO4/c1-4-5-6-7-8-9-10-11-12-13-14-15-16-17-18-19-20-21-31(34)33-26(2)28(25-32(35)36)29-24-27(37-3)22-23-30(29)33/h8-9,11-12,14-15,17-18,22-24H,4-7,10,13,16,19-21,25H2,1-3H3,(H,35,36)/b9-8+,12-11+,15-14+,18-17+. The molecule has 0 aliphatic rings. The number of rotatable bonds is 17. The van der Waals surface area contributed by atoms with Crippen LogP contribution in [0.3, 0.4) is 0 Å². The summed E-state index contributed by atoms with van der Waals surface area (Å²) >= 11 is 0. The van der Waals surface area contributed by atoms with E-state index in [1.807, 2.05) is 19.1 Å². The summed E-state index contributed by atoms with van der Waals surface area (Å²) in [4.78, 5) is 24.4. The van der Waals surface area contributed by atoms with Crippen molar-refractivity contribution in [2.24, 2.45) is 0 Å². The fraction of sp³-hybridized carbons (Fsp3) is 0.438. The molecule has 0 spiro atoms. The third-order valence-electron chi connectivity index (χ3n) is 6.34. The van der Waals surface area contributed by atoms with Crippen molar-refractivity contribution in [2.75, 3.05) is 7.11 Å². The summed E-state index contributed by atoms with van der Waals surface area (Å²) in [6, 6.07) is 5.44. The number of nitrogens with zero attached hydrogens (tertiary/aromatic N) is 1. The van der Waals surface area contributed by atoms with Gasteiger partial charge < -0.3 is 9.84 Å². The number of unbranched alkanes of at least 4 members (excludes halogenated alkanes) is 4. The van der Waals surface area contributed by atoms with E-state index in [1.54, 1.807) is 17.7 Å². The van der Waals surface area contributed by atoms with Crippen molar-refractivity contribution < 1.29 is 19.4 Å². The van der Waals surface area contributed by atoms with Crippen LogP contribution in [0.5, 0.6) is 5.75 Å². The molecule has 200 valence electrons. The maximum atomic E-state index is 13.0. The molecule has 0 radical (unpaired) electrons. The second-order valence-corrected chi connectivity index (χ2v) is 9.23. The molecule has 0 unspecified atom stereocenters. The van der Waals surface area contributed by atoms with Crippen molar-refractivity contribution in [3.05, 3.63) is 78.1 Å². The van der Waals surface area contributed by atoms with E-state index in [2.05, 4.69) is 55.5 Å².